The molecule has 1 amide bonds. The van der Waals surface area contributed by atoms with Crippen LogP contribution in [0.5, 0.6) is 0 Å². The van der Waals surface area contributed by atoms with Crippen LogP contribution in [0.15, 0.2) is 4.99 Å². The molecule has 34 valence electrons. The second-order valence-corrected chi connectivity index (χ2v) is 0.964. The first kappa shape index (κ1) is 5.63. The molecular weight excluding hydrogens is 101 g/mol. The van der Waals surface area contributed by atoms with Gasteiger partial charge in [-0.1, -0.05) is 0 Å². The maximum atomic E-state index is 9.61. The van der Waals surface area contributed by atoms with Gasteiger partial charge in [-0.15, -0.1) is 0 Å². The van der Waals surface area contributed by atoms with Crippen molar-refractivity contribution in [1.82, 2.24) is 0 Å². The first-order valence-electron chi connectivity index (χ1n) is 1.45. The Morgan fingerprint density at radius 3 is 2.50 bits per heavy atom. The lowest BCUT2D eigenvalue weighted by Gasteiger charge is -1.66. The number of carbonyl (C=O) groups excluding carboxylic acids is 1. The highest BCUT2D eigenvalue weighted by Gasteiger charge is 1.78. The maximum Gasteiger partial charge on any atom is 0.339 e. The van der Waals surface area contributed by atoms with Crippen LogP contribution in [0.3, 0.4) is 0 Å². The number of amides is 1. The predicted molar refractivity (Wildman–Crippen MR) is 25.4 cm³/mol. The molecule has 0 radical (unpaired) electrons. The minimum Gasteiger partial charge on any atom is -0.253 e. The van der Waals surface area contributed by atoms with Gasteiger partial charge in [0.15, 0.2) is 0 Å². The third-order valence-corrected chi connectivity index (χ3v) is 0.328. The Bertz CT molecular complexity index is 78.9. The summed E-state index contributed by atoms with van der Waals surface area (Å²) in [7, 11) is 0. The number of hydrogen-bond acceptors (Lipinski definition) is 1. The van der Waals surface area contributed by atoms with Gasteiger partial charge in [0.2, 0.25) is 0 Å². The summed E-state index contributed by atoms with van der Waals surface area (Å²) >= 11 is 4.74. The molecule has 0 atom stereocenters. The summed E-state index contributed by atoms with van der Waals surface area (Å²) in [5.74, 6) is 0. The van der Waals surface area contributed by atoms with Gasteiger partial charge in [-0.05, 0) is 18.5 Å². The molecule has 2 nitrogen and oxygen atoms in total. The predicted octanol–water partition coefficient (Wildman–Crippen LogP) is 1.44. The number of halogens is 1. The van der Waals surface area contributed by atoms with Gasteiger partial charge in [0, 0.05) is 6.21 Å². The Morgan fingerprint density at radius 1 is 2.00 bits per heavy atom. The van der Waals surface area contributed by atoms with E-state index in [1.807, 2.05) is 0 Å². The Kier molecular flexibility index (Phi) is 2.67. The van der Waals surface area contributed by atoms with Crippen LogP contribution in [-0.4, -0.2) is 11.6 Å². The van der Waals surface area contributed by atoms with Crippen molar-refractivity contribution < 1.29 is 4.79 Å². The van der Waals surface area contributed by atoms with Crippen molar-refractivity contribution in [1.29, 1.82) is 0 Å². The molecule has 0 aromatic heterocycles. The summed E-state index contributed by atoms with van der Waals surface area (Å²) in [5.41, 5.74) is 0. The molecule has 0 aliphatic rings. The highest BCUT2D eigenvalue weighted by Crippen LogP contribution is 1.80. The van der Waals surface area contributed by atoms with Crippen LogP contribution < -0.4 is 0 Å². The van der Waals surface area contributed by atoms with Crippen molar-refractivity contribution >= 4 is 23.2 Å². The van der Waals surface area contributed by atoms with Crippen molar-refractivity contribution in [3.63, 3.8) is 0 Å². The topological polar surface area (TPSA) is 29.4 Å². The lowest BCUT2D eigenvalue weighted by Crippen LogP contribution is -1.69. The van der Waals surface area contributed by atoms with E-state index < -0.39 is 5.37 Å². The van der Waals surface area contributed by atoms with Crippen molar-refractivity contribution in [2.45, 2.75) is 6.92 Å². The quantitative estimate of drug-likeness (QED) is 0.260. The Labute approximate surface area is 40.8 Å². The number of nitrogens with zero attached hydrogens (tertiary/aromatic N) is 1. The third kappa shape index (κ3) is 3.63. The molecule has 0 saturated carbocycles. The average Bonchev–Trinajstić information content (AvgIpc) is 1.35. The highest BCUT2D eigenvalue weighted by atomic mass is 35.5. The summed E-state index contributed by atoms with van der Waals surface area (Å²) in [6, 6.07) is 0. The molecule has 0 aromatic rings. The fraction of sp³-hybridized carbons (Fsp3) is 0.333. The molecule has 0 heterocycles. The van der Waals surface area contributed by atoms with Crippen molar-refractivity contribution in [3.8, 4) is 0 Å². The molecule has 0 N–H and O–H groups in total. The van der Waals surface area contributed by atoms with Crippen LogP contribution >= 0.6 is 11.6 Å². The van der Waals surface area contributed by atoms with Crippen LogP contribution in [0.25, 0.3) is 0 Å². The fourth-order valence-corrected chi connectivity index (χ4v) is 0.199. The maximum absolute atomic E-state index is 9.61. The molecule has 0 bridgehead atoms. The van der Waals surface area contributed by atoms with Crippen LogP contribution in [0.1, 0.15) is 6.92 Å². The van der Waals surface area contributed by atoms with E-state index in [0.29, 0.717) is 0 Å². The average molecular weight is 106 g/mol. The molecule has 0 rings (SSSR count). The Balaban J connectivity index is 3.30. The summed E-state index contributed by atoms with van der Waals surface area (Å²) in [6.45, 7) is 1.63. The van der Waals surface area contributed by atoms with Gasteiger partial charge in [0.25, 0.3) is 0 Å². The first-order valence-corrected chi connectivity index (χ1v) is 1.83. The molecule has 0 fully saturated rings. The normalized spacial score (nSPS) is 9.67. The summed E-state index contributed by atoms with van der Waals surface area (Å²) in [4.78, 5) is 12.7. The van der Waals surface area contributed by atoms with Crippen LogP contribution in [-0.2, 0) is 0 Å². The molecule has 0 aliphatic heterocycles. The van der Waals surface area contributed by atoms with E-state index in [4.69, 9.17) is 11.6 Å². The van der Waals surface area contributed by atoms with Gasteiger partial charge in [-0.25, -0.2) is 4.99 Å². The lowest BCUT2D eigenvalue weighted by atomic mass is 10.9. The molecule has 3 heteroatoms. The molecular formula is C3H4ClNO. The third-order valence-electron chi connectivity index (χ3n) is 0.231. The number of aliphatic imine (C=N–C) groups is 1. The summed E-state index contributed by atoms with van der Waals surface area (Å²) in [6.07, 6.45) is 1.34. The van der Waals surface area contributed by atoms with Gasteiger partial charge in [0.05, 0.1) is 0 Å². The van der Waals surface area contributed by atoms with E-state index in [-0.39, 0.29) is 0 Å². The van der Waals surface area contributed by atoms with Crippen molar-refractivity contribution in [2.75, 3.05) is 0 Å². The molecule has 0 saturated heterocycles. The Morgan fingerprint density at radius 2 is 2.50 bits per heavy atom. The fourth-order valence-electron chi connectivity index (χ4n) is 0.101. The molecule has 0 unspecified atom stereocenters. The first-order chi connectivity index (χ1) is 2.77. The van der Waals surface area contributed by atoms with Crippen LogP contribution in [0, 0.1) is 0 Å². The van der Waals surface area contributed by atoms with E-state index in [2.05, 4.69) is 4.99 Å². The largest absolute Gasteiger partial charge is 0.339 e. The van der Waals surface area contributed by atoms with E-state index in [1.165, 1.54) is 6.21 Å². The molecule has 0 aromatic carbocycles. The molecule has 0 spiro atoms. The molecule has 6 heavy (non-hydrogen) atoms. The van der Waals surface area contributed by atoms with Gasteiger partial charge in [-0.2, -0.15) is 0 Å². The number of carbonyl (C=O) groups is 1. The number of rotatable bonds is 0. The smallest absolute Gasteiger partial charge is 0.253 e. The SMILES string of the molecule is C/C=N/C(=O)Cl. The summed E-state index contributed by atoms with van der Waals surface area (Å²) in [5, 5.41) is -0.669. The van der Waals surface area contributed by atoms with Gasteiger partial charge >= 0.3 is 5.37 Å². The van der Waals surface area contributed by atoms with Gasteiger partial charge < -0.3 is 0 Å². The van der Waals surface area contributed by atoms with Crippen molar-refractivity contribution in [2.24, 2.45) is 4.99 Å². The van der Waals surface area contributed by atoms with Gasteiger partial charge in [-0.3, -0.25) is 4.79 Å². The van der Waals surface area contributed by atoms with E-state index >= 15 is 0 Å². The lowest BCUT2D eigenvalue weighted by molar-refractivity contribution is 0.266. The minimum atomic E-state index is -0.669. The zero-order chi connectivity index (χ0) is 4.99. The van der Waals surface area contributed by atoms with Crippen LogP contribution in [0.2, 0.25) is 0 Å². The van der Waals surface area contributed by atoms with E-state index in [1.54, 1.807) is 6.92 Å². The monoisotopic (exact) mass is 105 g/mol. The van der Waals surface area contributed by atoms with E-state index in [9.17, 15) is 4.79 Å². The standard InChI is InChI=1S/C3H4ClNO/c1-2-5-3(4)6/h2H,1H3/b5-2+. The summed E-state index contributed by atoms with van der Waals surface area (Å²) < 4.78 is 0. The number of hydrogen-bond donors (Lipinski definition) is 0. The zero-order valence-electron chi connectivity index (χ0n) is 3.31. The second kappa shape index (κ2) is 2.85. The van der Waals surface area contributed by atoms with Crippen LogP contribution in [0.4, 0.5) is 4.79 Å². The molecule has 0 aliphatic carbocycles. The van der Waals surface area contributed by atoms with E-state index in [0.717, 1.165) is 0 Å². The minimum absolute atomic E-state index is 0.669. The van der Waals surface area contributed by atoms with Gasteiger partial charge in [0.1, 0.15) is 0 Å². The Hall–Kier alpha value is -0.370. The highest BCUT2D eigenvalue weighted by molar-refractivity contribution is 6.63. The zero-order valence-corrected chi connectivity index (χ0v) is 4.07. The second-order valence-electron chi connectivity index (χ2n) is 0.640. The van der Waals surface area contributed by atoms with Crippen molar-refractivity contribution in [3.05, 3.63) is 0 Å².